The maximum Gasteiger partial charge on any atom is 0.192 e. The molecule has 0 saturated carbocycles. The Hall–Kier alpha value is 0.577. The molecule has 0 bridgehead atoms. The van der Waals surface area contributed by atoms with Gasteiger partial charge in [0.25, 0.3) is 0 Å². The molecule has 0 radical (unpaired) electrons. The Morgan fingerprint density at radius 3 is 2.29 bits per heavy atom. The molecule has 0 aromatic carbocycles. The molecule has 2 fully saturated rings. The summed E-state index contributed by atoms with van der Waals surface area (Å²) >= 11 is 3.80. The first-order valence-electron chi connectivity index (χ1n) is 7.93. The number of ether oxygens (including phenoxy) is 2. The van der Waals surface area contributed by atoms with E-state index in [2.05, 4.69) is 70.6 Å². The molecule has 0 spiro atoms. The van der Waals surface area contributed by atoms with Crippen molar-refractivity contribution in [2.45, 2.75) is 81.8 Å². The van der Waals surface area contributed by atoms with E-state index in [4.69, 9.17) is 13.9 Å². The molecule has 2 rings (SSSR count). The van der Waals surface area contributed by atoms with E-state index in [0.29, 0.717) is 17.4 Å². The van der Waals surface area contributed by atoms with Crippen LogP contribution in [0.2, 0.25) is 18.1 Å². The second-order valence-electron chi connectivity index (χ2n) is 8.73. The fourth-order valence-electron chi connectivity index (χ4n) is 2.87. The second kappa shape index (κ2) is 5.30. The summed E-state index contributed by atoms with van der Waals surface area (Å²) in [5.41, 5.74) is -0.453. The molecule has 21 heavy (non-hydrogen) atoms. The SMILES string of the molecule is C[C@@H]1CO[C@](C)([C@@H]2O[C@@]2(C)CO[Si](C)(C)C(C)(C)C)[C@H]1Br. The third kappa shape index (κ3) is 3.14. The molecule has 2 saturated heterocycles. The molecule has 5 atom stereocenters. The molecule has 0 N–H and O–H groups in total. The Morgan fingerprint density at radius 1 is 1.29 bits per heavy atom. The lowest BCUT2D eigenvalue weighted by Crippen LogP contribution is -2.46. The van der Waals surface area contributed by atoms with E-state index in [9.17, 15) is 0 Å². The Bertz CT molecular complexity index is 409. The van der Waals surface area contributed by atoms with Gasteiger partial charge in [0.2, 0.25) is 0 Å². The third-order valence-electron chi connectivity index (χ3n) is 5.64. The van der Waals surface area contributed by atoms with Gasteiger partial charge in [-0.1, -0.05) is 43.6 Å². The van der Waals surface area contributed by atoms with Crippen molar-refractivity contribution >= 4 is 24.2 Å². The highest BCUT2D eigenvalue weighted by Crippen LogP contribution is 2.52. The van der Waals surface area contributed by atoms with Crippen molar-refractivity contribution in [3.63, 3.8) is 0 Å². The van der Waals surface area contributed by atoms with E-state index >= 15 is 0 Å². The smallest absolute Gasteiger partial charge is 0.192 e. The second-order valence-corrected chi connectivity index (χ2v) is 14.5. The molecule has 2 aliphatic rings. The van der Waals surface area contributed by atoms with Gasteiger partial charge in [-0.15, -0.1) is 0 Å². The van der Waals surface area contributed by atoms with Crippen LogP contribution < -0.4 is 0 Å². The fourth-order valence-corrected chi connectivity index (χ4v) is 4.47. The van der Waals surface area contributed by atoms with Crippen molar-refractivity contribution in [2.75, 3.05) is 13.2 Å². The molecule has 5 heteroatoms. The minimum absolute atomic E-state index is 0.115. The number of hydrogen-bond donors (Lipinski definition) is 0. The van der Waals surface area contributed by atoms with Gasteiger partial charge in [0.1, 0.15) is 17.3 Å². The van der Waals surface area contributed by atoms with Gasteiger partial charge in [0.15, 0.2) is 8.32 Å². The molecule has 0 unspecified atom stereocenters. The lowest BCUT2D eigenvalue weighted by atomic mass is 9.88. The van der Waals surface area contributed by atoms with Crippen LogP contribution in [0, 0.1) is 5.92 Å². The van der Waals surface area contributed by atoms with Gasteiger partial charge in [-0.3, -0.25) is 0 Å². The lowest BCUT2D eigenvalue weighted by Gasteiger charge is -2.37. The summed E-state index contributed by atoms with van der Waals surface area (Å²) in [5, 5.41) is 0.230. The van der Waals surface area contributed by atoms with E-state index in [0.717, 1.165) is 6.61 Å². The van der Waals surface area contributed by atoms with E-state index in [1.807, 2.05) is 0 Å². The molecular weight excluding hydrogens is 348 g/mol. The predicted molar refractivity (Wildman–Crippen MR) is 92.7 cm³/mol. The zero-order chi connectivity index (χ0) is 16.3. The Kier molecular flexibility index (Phi) is 4.52. The highest BCUT2D eigenvalue weighted by molar-refractivity contribution is 9.09. The van der Waals surface area contributed by atoms with E-state index in [1.54, 1.807) is 0 Å². The number of rotatable bonds is 4. The van der Waals surface area contributed by atoms with Crippen molar-refractivity contribution in [1.82, 2.24) is 0 Å². The van der Waals surface area contributed by atoms with Gasteiger partial charge in [0, 0.05) is 0 Å². The average Bonchev–Trinajstić information content (AvgIpc) is 2.97. The Labute approximate surface area is 139 Å². The first-order chi connectivity index (χ1) is 9.33. The third-order valence-corrected chi connectivity index (χ3v) is 11.9. The summed E-state index contributed by atoms with van der Waals surface area (Å²) in [6.07, 6.45) is 0.115. The molecule has 0 aliphatic carbocycles. The standard InChI is InChI=1S/C16H31BrO3Si/c1-11-9-18-16(6,12(11)17)13-15(5,20-13)10-19-21(7,8)14(2,3)4/h11-13H,9-10H2,1-8H3/t11-,12+,13-,15+,16+/m1/s1. The largest absolute Gasteiger partial charge is 0.414 e. The maximum atomic E-state index is 6.36. The van der Waals surface area contributed by atoms with Crippen LogP contribution in [-0.2, 0) is 13.9 Å². The van der Waals surface area contributed by atoms with Gasteiger partial charge in [0.05, 0.1) is 18.0 Å². The minimum Gasteiger partial charge on any atom is -0.414 e. The first-order valence-corrected chi connectivity index (χ1v) is 11.8. The van der Waals surface area contributed by atoms with Crippen LogP contribution in [0.15, 0.2) is 0 Å². The fraction of sp³-hybridized carbons (Fsp3) is 1.00. The van der Waals surface area contributed by atoms with Crippen LogP contribution >= 0.6 is 15.9 Å². The van der Waals surface area contributed by atoms with E-state index in [-0.39, 0.29) is 22.3 Å². The van der Waals surface area contributed by atoms with Crippen LogP contribution in [0.4, 0.5) is 0 Å². The van der Waals surface area contributed by atoms with Crippen molar-refractivity contribution < 1.29 is 13.9 Å². The van der Waals surface area contributed by atoms with Crippen molar-refractivity contribution in [3.8, 4) is 0 Å². The van der Waals surface area contributed by atoms with Gasteiger partial charge >= 0.3 is 0 Å². The summed E-state index contributed by atoms with van der Waals surface area (Å²) in [6, 6.07) is 0. The van der Waals surface area contributed by atoms with Crippen molar-refractivity contribution in [1.29, 1.82) is 0 Å². The maximum absolute atomic E-state index is 6.36. The van der Waals surface area contributed by atoms with Crippen LogP contribution in [0.3, 0.4) is 0 Å². The first kappa shape index (κ1) is 17.9. The molecular formula is C16H31BrO3Si. The van der Waals surface area contributed by atoms with Crippen molar-refractivity contribution in [3.05, 3.63) is 0 Å². The van der Waals surface area contributed by atoms with Crippen LogP contribution in [-0.4, -0.2) is 43.7 Å². The highest BCUT2D eigenvalue weighted by atomic mass is 79.9. The number of alkyl halides is 1. The van der Waals surface area contributed by atoms with Crippen LogP contribution in [0.25, 0.3) is 0 Å². The summed E-state index contributed by atoms with van der Waals surface area (Å²) in [6.45, 7) is 19.4. The minimum atomic E-state index is -1.73. The molecule has 124 valence electrons. The normalized spacial score (nSPS) is 44.1. The zero-order valence-electron chi connectivity index (χ0n) is 14.7. The average molecular weight is 379 g/mol. The topological polar surface area (TPSA) is 31.0 Å². The number of halogens is 1. The predicted octanol–water partition coefficient (Wildman–Crippen LogP) is 4.35. The lowest BCUT2D eigenvalue weighted by molar-refractivity contribution is -0.0000733. The molecule has 3 nitrogen and oxygen atoms in total. The number of epoxide rings is 1. The summed E-state index contributed by atoms with van der Waals surface area (Å²) in [4.78, 5) is 0.338. The quantitative estimate of drug-likeness (QED) is 0.413. The Morgan fingerprint density at radius 2 is 1.86 bits per heavy atom. The van der Waals surface area contributed by atoms with E-state index in [1.165, 1.54) is 0 Å². The van der Waals surface area contributed by atoms with Gasteiger partial charge in [-0.2, -0.15) is 0 Å². The molecule has 0 amide bonds. The molecule has 2 aliphatic heterocycles. The van der Waals surface area contributed by atoms with Gasteiger partial charge in [-0.05, 0) is 37.9 Å². The number of hydrogen-bond acceptors (Lipinski definition) is 3. The molecule has 0 aromatic heterocycles. The van der Waals surface area contributed by atoms with Gasteiger partial charge < -0.3 is 13.9 Å². The van der Waals surface area contributed by atoms with Crippen LogP contribution in [0.5, 0.6) is 0 Å². The summed E-state index contributed by atoms with van der Waals surface area (Å²) in [5.74, 6) is 0.518. The van der Waals surface area contributed by atoms with Crippen LogP contribution in [0.1, 0.15) is 41.5 Å². The zero-order valence-corrected chi connectivity index (χ0v) is 17.3. The van der Waals surface area contributed by atoms with E-state index < -0.39 is 8.32 Å². The van der Waals surface area contributed by atoms with Crippen molar-refractivity contribution in [2.24, 2.45) is 5.92 Å². The Balaban J connectivity index is 1.98. The highest BCUT2D eigenvalue weighted by Gasteiger charge is 2.66. The summed E-state index contributed by atoms with van der Waals surface area (Å²) in [7, 11) is -1.73. The van der Waals surface area contributed by atoms with Gasteiger partial charge in [-0.25, -0.2) is 0 Å². The molecule has 2 heterocycles. The molecule has 0 aromatic rings. The monoisotopic (exact) mass is 378 g/mol. The summed E-state index contributed by atoms with van der Waals surface area (Å²) < 4.78 is 18.5.